The van der Waals surface area contributed by atoms with Gasteiger partial charge >= 0.3 is 0 Å². The summed E-state index contributed by atoms with van der Waals surface area (Å²) in [6, 6.07) is 7.87. The number of anilines is 1. The third-order valence-corrected chi connectivity index (χ3v) is 5.87. The Bertz CT molecular complexity index is 1080. The van der Waals surface area contributed by atoms with E-state index < -0.39 is 0 Å². The van der Waals surface area contributed by atoms with E-state index in [9.17, 15) is 0 Å². The smallest absolute Gasteiger partial charge is 0.0737 e. The molecule has 2 rings (SSSR count). The zero-order valence-corrected chi connectivity index (χ0v) is 24.6. The number of nitrogens with zero attached hydrogens (tertiary/aromatic N) is 2. The van der Waals surface area contributed by atoms with Crippen molar-refractivity contribution < 1.29 is 0 Å². The van der Waals surface area contributed by atoms with Crippen LogP contribution in [0.3, 0.4) is 0 Å². The fourth-order valence-electron chi connectivity index (χ4n) is 3.76. The highest BCUT2D eigenvalue weighted by Crippen LogP contribution is 2.24. The van der Waals surface area contributed by atoms with E-state index in [0.29, 0.717) is 5.02 Å². The van der Waals surface area contributed by atoms with Crippen molar-refractivity contribution in [1.29, 1.82) is 0 Å². The van der Waals surface area contributed by atoms with Gasteiger partial charge in [-0.05, 0) is 102 Å². The summed E-state index contributed by atoms with van der Waals surface area (Å²) in [5.41, 5.74) is 6.53. The van der Waals surface area contributed by atoms with Crippen LogP contribution in [0.5, 0.6) is 0 Å². The summed E-state index contributed by atoms with van der Waals surface area (Å²) < 4.78 is 0. The molecule has 202 valence electrons. The molecule has 1 aromatic carbocycles. The molecule has 0 atom stereocenters. The van der Waals surface area contributed by atoms with Gasteiger partial charge in [0.15, 0.2) is 0 Å². The predicted octanol–water partition coefficient (Wildman–Crippen LogP) is 8.56. The molecule has 0 aliphatic rings. The molecule has 0 saturated heterocycles. The van der Waals surface area contributed by atoms with Crippen molar-refractivity contribution in [2.24, 2.45) is 0 Å². The Kier molecular flexibility index (Phi) is 16.0. The summed E-state index contributed by atoms with van der Waals surface area (Å²) in [4.78, 5) is 6.81. The van der Waals surface area contributed by atoms with Crippen LogP contribution in [0, 0.1) is 0 Å². The number of benzene rings is 1. The maximum atomic E-state index is 6.09. The van der Waals surface area contributed by atoms with Crippen LogP contribution in [0.1, 0.15) is 53.9 Å². The lowest BCUT2D eigenvalue weighted by molar-refractivity contribution is 0.322. The van der Waals surface area contributed by atoms with Gasteiger partial charge in [-0.2, -0.15) is 0 Å². The number of hydrogen-bond donors (Lipinski definition) is 2. The maximum Gasteiger partial charge on any atom is 0.0737 e. The van der Waals surface area contributed by atoms with E-state index in [-0.39, 0.29) is 0 Å². The van der Waals surface area contributed by atoms with Crippen molar-refractivity contribution in [2.45, 2.75) is 53.9 Å². The third kappa shape index (κ3) is 12.3. The number of allylic oxidation sites excluding steroid dienone is 6. The number of halogens is 1. The second-order valence-electron chi connectivity index (χ2n) is 9.16. The van der Waals surface area contributed by atoms with E-state index in [2.05, 4.69) is 66.7 Å². The summed E-state index contributed by atoms with van der Waals surface area (Å²) in [7, 11) is 2.20. The van der Waals surface area contributed by atoms with E-state index >= 15 is 0 Å². The fourth-order valence-corrected chi connectivity index (χ4v) is 3.93. The second-order valence-corrected chi connectivity index (χ2v) is 9.59. The van der Waals surface area contributed by atoms with Crippen molar-refractivity contribution in [3.05, 3.63) is 95.4 Å². The highest BCUT2D eigenvalue weighted by Gasteiger charge is 2.06. The minimum absolute atomic E-state index is 0.713. The first-order chi connectivity index (χ1) is 17.8. The summed E-state index contributed by atoms with van der Waals surface area (Å²) in [6.07, 6.45) is 13.3. The predicted molar refractivity (Wildman–Crippen MR) is 167 cm³/mol. The number of nitrogens with one attached hydrogen (secondary N) is 2. The lowest BCUT2D eigenvalue weighted by Gasteiger charge is -2.19. The molecule has 1 aromatic heterocycles. The van der Waals surface area contributed by atoms with Crippen LogP contribution in [0.25, 0.3) is 10.9 Å². The molecule has 0 unspecified atom stereocenters. The van der Waals surface area contributed by atoms with E-state index in [4.69, 9.17) is 11.6 Å². The van der Waals surface area contributed by atoms with Crippen LogP contribution in [0.15, 0.2) is 90.3 Å². The minimum atomic E-state index is 0.713. The van der Waals surface area contributed by atoms with Gasteiger partial charge in [0, 0.05) is 41.1 Å². The summed E-state index contributed by atoms with van der Waals surface area (Å²) in [5.74, 6) is 0. The Morgan fingerprint density at radius 3 is 2.41 bits per heavy atom. The molecule has 0 bridgehead atoms. The first kappa shape index (κ1) is 32.2. The zero-order chi connectivity index (χ0) is 27.6. The molecule has 0 aliphatic heterocycles. The van der Waals surface area contributed by atoms with Crippen molar-refractivity contribution in [2.75, 3.05) is 38.5 Å². The van der Waals surface area contributed by atoms with E-state index in [1.807, 2.05) is 63.4 Å². The second kappa shape index (κ2) is 18.4. The van der Waals surface area contributed by atoms with Crippen LogP contribution in [0.2, 0.25) is 5.02 Å². The number of pyridine rings is 1. The Hall–Kier alpha value is -2.82. The van der Waals surface area contributed by atoms with Gasteiger partial charge in [-0.15, -0.1) is 0 Å². The quantitative estimate of drug-likeness (QED) is 0.181. The Labute approximate surface area is 230 Å². The minimum Gasteiger partial charge on any atom is -0.385 e. The average Bonchev–Trinajstić information content (AvgIpc) is 2.87. The average molecular weight is 523 g/mol. The molecule has 2 aromatic rings. The summed E-state index contributed by atoms with van der Waals surface area (Å²) in [6.45, 7) is 22.2. The number of unbranched alkanes of at least 4 members (excludes halogenated alkanes) is 1. The van der Waals surface area contributed by atoms with Crippen molar-refractivity contribution in [1.82, 2.24) is 15.2 Å². The highest BCUT2D eigenvalue weighted by molar-refractivity contribution is 6.31. The molecule has 1 heterocycles. The highest BCUT2D eigenvalue weighted by atomic mass is 35.5. The normalized spacial score (nSPS) is 11.6. The first-order valence-corrected chi connectivity index (χ1v) is 13.7. The first-order valence-electron chi connectivity index (χ1n) is 13.4. The standard InChI is InChI=1S/C30H41ClN4.C2H6/c1-7-11-28(26(24(4)5)14-12-23(2)3)33-18-10-21-35(6)20-9-8-17-32-29-16-19-34-30-22-25(31)13-15-27(29)30;1-2/h7,11-16,19,22,33H,1,4,8-10,17-18,20-21H2,2-3,5-6H3,(H,32,34);1-2H3/b26-14+,28-11+;. The van der Waals surface area contributed by atoms with Crippen LogP contribution < -0.4 is 10.6 Å². The van der Waals surface area contributed by atoms with Gasteiger partial charge < -0.3 is 15.5 Å². The maximum absolute atomic E-state index is 6.09. The molecule has 4 nitrogen and oxygen atoms in total. The van der Waals surface area contributed by atoms with Gasteiger partial charge in [0.05, 0.1) is 5.52 Å². The topological polar surface area (TPSA) is 40.2 Å². The van der Waals surface area contributed by atoms with E-state index in [0.717, 1.165) is 78.9 Å². The zero-order valence-electron chi connectivity index (χ0n) is 23.8. The molecule has 0 radical (unpaired) electrons. The third-order valence-electron chi connectivity index (χ3n) is 5.64. The molecule has 0 spiro atoms. The van der Waals surface area contributed by atoms with Crippen molar-refractivity contribution in [3.63, 3.8) is 0 Å². The van der Waals surface area contributed by atoms with Crippen LogP contribution in [-0.2, 0) is 0 Å². The van der Waals surface area contributed by atoms with Crippen LogP contribution >= 0.6 is 11.6 Å². The lowest BCUT2D eigenvalue weighted by atomic mass is 10.0. The number of fused-ring (bicyclic) bond motifs is 1. The number of hydrogen-bond acceptors (Lipinski definition) is 4. The van der Waals surface area contributed by atoms with E-state index in [1.54, 1.807) is 0 Å². The van der Waals surface area contributed by atoms with Crippen LogP contribution in [-0.4, -0.2) is 43.1 Å². The van der Waals surface area contributed by atoms with E-state index in [1.165, 1.54) is 5.57 Å². The molecular formula is C32H47ClN4. The summed E-state index contributed by atoms with van der Waals surface area (Å²) in [5, 5.41) is 8.95. The molecule has 37 heavy (non-hydrogen) atoms. The van der Waals surface area contributed by atoms with Crippen molar-refractivity contribution >= 4 is 28.2 Å². The van der Waals surface area contributed by atoms with Gasteiger partial charge in [-0.25, -0.2) is 0 Å². The number of rotatable bonds is 15. The summed E-state index contributed by atoms with van der Waals surface area (Å²) >= 11 is 6.09. The Morgan fingerprint density at radius 1 is 1.00 bits per heavy atom. The molecule has 0 aliphatic carbocycles. The molecule has 5 heteroatoms. The van der Waals surface area contributed by atoms with Crippen molar-refractivity contribution in [3.8, 4) is 0 Å². The number of aromatic nitrogens is 1. The SMILES string of the molecule is C=C/C=C(NCCCN(C)CCCCNc1ccnc2cc(Cl)ccc12)\C(=C\C=C(C)C)C(=C)C.CC. The molecule has 0 saturated carbocycles. The Balaban J connectivity index is 0.00000334. The Morgan fingerprint density at radius 2 is 1.73 bits per heavy atom. The largest absolute Gasteiger partial charge is 0.385 e. The molecular weight excluding hydrogens is 476 g/mol. The fraction of sp³-hybridized carbons (Fsp3) is 0.406. The van der Waals surface area contributed by atoms with Gasteiger partial charge in [-0.3, -0.25) is 4.98 Å². The van der Waals surface area contributed by atoms with Gasteiger partial charge in [0.1, 0.15) is 0 Å². The monoisotopic (exact) mass is 522 g/mol. The molecule has 0 amide bonds. The van der Waals surface area contributed by atoms with Gasteiger partial charge in [0.2, 0.25) is 0 Å². The lowest BCUT2D eigenvalue weighted by Crippen LogP contribution is -2.25. The molecule has 0 fully saturated rings. The van der Waals surface area contributed by atoms with Gasteiger partial charge in [-0.1, -0.05) is 62.4 Å². The van der Waals surface area contributed by atoms with Crippen LogP contribution in [0.4, 0.5) is 5.69 Å². The molecule has 2 N–H and O–H groups in total. The van der Waals surface area contributed by atoms with Gasteiger partial charge in [0.25, 0.3) is 0 Å².